The van der Waals surface area contributed by atoms with E-state index in [9.17, 15) is 9.59 Å². The summed E-state index contributed by atoms with van der Waals surface area (Å²) in [6.07, 6.45) is 0.871. The number of halogens is 1. The Bertz CT molecular complexity index is 1630. The lowest BCUT2D eigenvalue weighted by molar-refractivity contribution is -0.147. The molecule has 1 heterocycles. The molecule has 1 aromatic heterocycles. The lowest BCUT2D eigenvalue weighted by atomic mass is 9.96. The van der Waals surface area contributed by atoms with Gasteiger partial charge in [0.2, 0.25) is 0 Å². The summed E-state index contributed by atoms with van der Waals surface area (Å²) < 4.78 is 18.2. The maximum absolute atomic E-state index is 13.7. The third-order valence-electron chi connectivity index (χ3n) is 6.31. The molecule has 4 aromatic rings. The monoisotopic (exact) mass is 639 g/mol. The predicted octanol–water partition coefficient (Wildman–Crippen LogP) is 5.93. The average Bonchev–Trinajstić information content (AvgIpc) is 2.92. The van der Waals surface area contributed by atoms with E-state index in [-0.39, 0.29) is 11.5 Å². The van der Waals surface area contributed by atoms with Crippen molar-refractivity contribution in [3.63, 3.8) is 0 Å². The van der Waals surface area contributed by atoms with E-state index in [0.717, 1.165) is 31.6 Å². The number of aromatic nitrogens is 2. The van der Waals surface area contributed by atoms with Gasteiger partial charge in [0.05, 0.1) is 34.9 Å². The van der Waals surface area contributed by atoms with E-state index in [4.69, 9.17) is 19.2 Å². The van der Waals surface area contributed by atoms with Gasteiger partial charge >= 0.3 is 5.97 Å². The van der Waals surface area contributed by atoms with E-state index in [1.807, 2.05) is 43.3 Å². The minimum absolute atomic E-state index is 0.202. The molecule has 0 aliphatic carbocycles. The summed E-state index contributed by atoms with van der Waals surface area (Å²) in [7, 11) is 2.98. The zero-order chi connectivity index (χ0) is 28.3. The van der Waals surface area contributed by atoms with Gasteiger partial charge in [-0.15, -0.1) is 0 Å². The second-order valence-corrected chi connectivity index (χ2v) is 10.5. The Morgan fingerprint density at radius 1 is 1.05 bits per heavy atom. The topological polar surface area (TPSA) is 92.0 Å². The molecular weight excluding hydrogens is 609 g/mol. The number of hydrogen-bond donors (Lipinski definition) is 0. The molecule has 0 spiro atoms. The van der Waals surface area contributed by atoms with Crippen molar-refractivity contribution in [3.8, 4) is 22.9 Å². The largest absolute Gasteiger partial charge is 0.496 e. The van der Waals surface area contributed by atoms with Crippen LogP contribution in [0.4, 0.5) is 0 Å². The molecule has 39 heavy (non-hydrogen) atoms. The molecule has 9 heteroatoms. The molecule has 0 fully saturated rings. The summed E-state index contributed by atoms with van der Waals surface area (Å²) in [5.41, 5.74) is 3.81. The number of fused-ring (bicyclic) bond motifs is 1. The smallest absolute Gasteiger partial charge is 0.346 e. The van der Waals surface area contributed by atoms with Crippen molar-refractivity contribution in [2.24, 2.45) is 5.10 Å². The highest BCUT2D eigenvalue weighted by atomic mass is 127. The maximum atomic E-state index is 13.7. The number of ether oxygens (including phenoxy) is 3. The number of nitrogens with zero attached hydrogens (tertiary/aromatic N) is 3. The fourth-order valence-electron chi connectivity index (χ4n) is 4.19. The third-order valence-corrected chi connectivity index (χ3v) is 7.15. The van der Waals surface area contributed by atoms with E-state index >= 15 is 0 Å². The zero-order valence-electron chi connectivity index (χ0n) is 22.7. The first kappa shape index (κ1) is 28.3. The molecule has 4 rings (SSSR count). The minimum atomic E-state index is -0.740. The molecule has 3 aromatic carbocycles. The molecule has 0 saturated heterocycles. The van der Waals surface area contributed by atoms with Gasteiger partial charge in [0, 0.05) is 5.56 Å². The molecule has 0 aliphatic rings. The van der Waals surface area contributed by atoms with Gasteiger partial charge in [-0.1, -0.05) is 26.0 Å². The van der Waals surface area contributed by atoms with Gasteiger partial charge in [0.25, 0.3) is 5.56 Å². The van der Waals surface area contributed by atoms with Gasteiger partial charge in [0.15, 0.2) is 11.9 Å². The van der Waals surface area contributed by atoms with Crippen molar-refractivity contribution < 1.29 is 19.0 Å². The SMILES string of the molecule is COC(=O)[C@@H](C)Oc1ccc(C=Nn2c(-c3cc(C(C)C)c(OC)cc3C)nc3ccccc3c2=O)cc1I. The first-order valence-electron chi connectivity index (χ1n) is 12.4. The molecule has 8 nitrogen and oxygen atoms in total. The second kappa shape index (κ2) is 12.0. The first-order valence-corrected chi connectivity index (χ1v) is 13.5. The lowest BCUT2D eigenvalue weighted by Crippen LogP contribution is -2.25. The molecule has 0 bridgehead atoms. The average molecular weight is 639 g/mol. The minimum Gasteiger partial charge on any atom is -0.496 e. The van der Waals surface area contributed by atoms with Crippen LogP contribution < -0.4 is 15.0 Å². The van der Waals surface area contributed by atoms with Crippen LogP contribution in [-0.4, -0.2) is 42.2 Å². The van der Waals surface area contributed by atoms with Crippen LogP contribution in [0, 0.1) is 10.5 Å². The van der Waals surface area contributed by atoms with Crippen LogP contribution in [0.15, 0.2) is 64.5 Å². The summed E-state index contributed by atoms with van der Waals surface area (Å²) in [6.45, 7) is 7.78. The molecule has 0 amide bonds. The first-order chi connectivity index (χ1) is 18.6. The summed E-state index contributed by atoms with van der Waals surface area (Å²) >= 11 is 2.13. The van der Waals surface area contributed by atoms with Crippen LogP contribution in [0.2, 0.25) is 0 Å². The Kier molecular flexibility index (Phi) is 8.69. The molecule has 0 aliphatic heterocycles. The fraction of sp³-hybridized carbons (Fsp3) is 0.267. The van der Waals surface area contributed by atoms with Gasteiger partial charge < -0.3 is 14.2 Å². The predicted molar refractivity (Wildman–Crippen MR) is 161 cm³/mol. The van der Waals surface area contributed by atoms with Crippen molar-refractivity contribution >= 4 is 45.7 Å². The van der Waals surface area contributed by atoms with Crippen molar-refractivity contribution in [3.05, 3.63) is 85.2 Å². The van der Waals surface area contributed by atoms with E-state index in [1.165, 1.54) is 11.8 Å². The summed E-state index contributed by atoms with van der Waals surface area (Å²) in [5.74, 6) is 1.53. The van der Waals surface area contributed by atoms with Gasteiger partial charge in [0.1, 0.15) is 11.5 Å². The van der Waals surface area contributed by atoms with Gasteiger partial charge in [-0.2, -0.15) is 9.78 Å². The number of rotatable bonds is 8. The van der Waals surface area contributed by atoms with Crippen LogP contribution in [0.3, 0.4) is 0 Å². The Labute approximate surface area is 240 Å². The van der Waals surface area contributed by atoms with Crippen LogP contribution in [0.1, 0.15) is 43.4 Å². The normalized spacial score (nSPS) is 12.2. The molecular formula is C30H30IN3O5. The highest BCUT2D eigenvalue weighted by Gasteiger charge is 2.19. The summed E-state index contributed by atoms with van der Waals surface area (Å²) in [5, 5.41) is 5.08. The third kappa shape index (κ3) is 5.98. The number of methoxy groups -OCH3 is 2. The molecule has 0 radical (unpaired) electrons. The summed E-state index contributed by atoms with van der Waals surface area (Å²) in [6, 6.07) is 16.7. The van der Waals surface area contributed by atoms with E-state index in [0.29, 0.717) is 22.5 Å². The highest BCUT2D eigenvalue weighted by molar-refractivity contribution is 14.1. The second-order valence-electron chi connectivity index (χ2n) is 9.35. The Hall–Kier alpha value is -3.73. The van der Waals surface area contributed by atoms with Crippen molar-refractivity contribution in [2.45, 2.75) is 39.7 Å². The molecule has 1 atom stereocenters. The zero-order valence-corrected chi connectivity index (χ0v) is 24.8. The molecule has 0 unspecified atom stereocenters. The van der Waals surface area contributed by atoms with Gasteiger partial charge in [-0.25, -0.2) is 9.78 Å². The number of carbonyl (C=O) groups excluding carboxylic acids is 1. The van der Waals surface area contributed by atoms with E-state index < -0.39 is 12.1 Å². The number of para-hydroxylation sites is 1. The van der Waals surface area contributed by atoms with E-state index in [1.54, 1.807) is 38.4 Å². The standard InChI is InChI=1S/C30H30IN3O5/c1-17(2)22-15-23(18(3)13-27(22)37-5)28-33-25-10-8-7-9-21(25)29(35)34(28)32-16-20-11-12-26(24(31)14-20)39-19(4)30(36)38-6/h7-17,19H,1-6H3/t19-/m1/s1. The van der Waals surface area contributed by atoms with Gasteiger partial charge in [-0.3, -0.25) is 4.79 Å². The van der Waals surface area contributed by atoms with E-state index in [2.05, 4.69) is 41.5 Å². The number of carbonyl (C=O) groups is 1. The van der Waals surface area contributed by atoms with Gasteiger partial charge in [-0.05, 0) is 102 Å². The number of benzene rings is 3. The quantitative estimate of drug-likeness (QED) is 0.135. The van der Waals surface area contributed by atoms with Crippen molar-refractivity contribution in [1.29, 1.82) is 0 Å². The van der Waals surface area contributed by atoms with Crippen LogP contribution in [0.25, 0.3) is 22.3 Å². The highest BCUT2D eigenvalue weighted by Crippen LogP contribution is 2.34. The number of hydrogen-bond acceptors (Lipinski definition) is 7. The van der Waals surface area contributed by atoms with Crippen molar-refractivity contribution in [2.75, 3.05) is 14.2 Å². The molecule has 0 N–H and O–H groups in total. The maximum Gasteiger partial charge on any atom is 0.346 e. The fourth-order valence-corrected chi connectivity index (χ4v) is 4.86. The molecule has 202 valence electrons. The van der Waals surface area contributed by atoms with Crippen LogP contribution in [0.5, 0.6) is 11.5 Å². The molecule has 0 saturated carbocycles. The Morgan fingerprint density at radius 2 is 1.79 bits per heavy atom. The van der Waals surface area contributed by atoms with Crippen molar-refractivity contribution in [1.82, 2.24) is 9.66 Å². The number of esters is 1. The summed E-state index contributed by atoms with van der Waals surface area (Å²) in [4.78, 5) is 30.2. The Morgan fingerprint density at radius 3 is 2.46 bits per heavy atom. The van der Waals surface area contributed by atoms with Crippen LogP contribution in [-0.2, 0) is 9.53 Å². The number of aryl methyl sites for hydroxylation is 1. The lowest BCUT2D eigenvalue weighted by Gasteiger charge is -2.17. The van der Waals surface area contributed by atoms with Crippen LogP contribution >= 0.6 is 22.6 Å². The Balaban J connectivity index is 1.82.